The van der Waals surface area contributed by atoms with Crippen molar-refractivity contribution in [3.63, 3.8) is 0 Å². The molecule has 1 aliphatic rings. The number of pyridine rings is 1. The normalized spacial score (nSPS) is 13.7. The van der Waals surface area contributed by atoms with Crippen LogP contribution in [0.15, 0.2) is 60.9 Å². The Kier molecular flexibility index (Phi) is 5.01. The molecule has 1 aliphatic carbocycles. The van der Waals surface area contributed by atoms with E-state index in [0.717, 1.165) is 5.56 Å². The third-order valence-corrected chi connectivity index (χ3v) is 3.71. The number of benzene rings is 1. The van der Waals surface area contributed by atoms with Crippen LogP contribution in [0.4, 0.5) is 5.69 Å². The topological polar surface area (TPSA) is 71.1 Å². The van der Waals surface area contributed by atoms with Crippen molar-refractivity contribution in [1.29, 1.82) is 0 Å². The monoisotopic (exact) mass is 321 g/mol. The summed E-state index contributed by atoms with van der Waals surface area (Å²) in [5.74, 6) is 0.271. The first-order chi connectivity index (χ1) is 11.7. The molecule has 0 aliphatic heterocycles. The van der Waals surface area contributed by atoms with Crippen LogP contribution in [0.5, 0.6) is 0 Å². The fourth-order valence-electron chi connectivity index (χ4n) is 2.24. The molecule has 24 heavy (non-hydrogen) atoms. The average molecular weight is 321 g/mol. The Morgan fingerprint density at radius 1 is 1.21 bits per heavy atom. The van der Waals surface area contributed by atoms with Crippen LogP contribution in [0.1, 0.15) is 28.8 Å². The molecule has 2 N–H and O–H groups in total. The zero-order valence-corrected chi connectivity index (χ0v) is 13.2. The van der Waals surface area contributed by atoms with Crippen LogP contribution in [0, 0.1) is 5.92 Å². The van der Waals surface area contributed by atoms with Gasteiger partial charge in [-0.1, -0.05) is 18.2 Å². The SMILES string of the molecule is O=C(/C=C/C1CC1)Nc1cccc(CNC(=O)c2cccnc2)c1. The smallest absolute Gasteiger partial charge is 0.253 e. The highest BCUT2D eigenvalue weighted by Gasteiger charge is 2.17. The first-order valence-corrected chi connectivity index (χ1v) is 7.97. The van der Waals surface area contributed by atoms with Crippen molar-refractivity contribution in [2.45, 2.75) is 19.4 Å². The molecule has 122 valence electrons. The zero-order valence-electron chi connectivity index (χ0n) is 13.2. The Morgan fingerprint density at radius 3 is 2.83 bits per heavy atom. The maximum absolute atomic E-state index is 12.0. The number of aromatic nitrogens is 1. The number of amides is 2. The van der Waals surface area contributed by atoms with Crippen LogP contribution < -0.4 is 10.6 Å². The first-order valence-electron chi connectivity index (χ1n) is 7.97. The number of hydrogen-bond donors (Lipinski definition) is 2. The lowest BCUT2D eigenvalue weighted by atomic mass is 10.2. The molecule has 2 amide bonds. The molecular formula is C19H19N3O2. The first kappa shape index (κ1) is 15.9. The van der Waals surface area contributed by atoms with Gasteiger partial charge >= 0.3 is 0 Å². The van der Waals surface area contributed by atoms with Crippen molar-refractivity contribution < 1.29 is 9.59 Å². The van der Waals surface area contributed by atoms with Crippen LogP contribution in [0.3, 0.4) is 0 Å². The Labute approximate surface area is 140 Å². The van der Waals surface area contributed by atoms with E-state index < -0.39 is 0 Å². The summed E-state index contributed by atoms with van der Waals surface area (Å²) in [4.78, 5) is 27.8. The molecule has 2 aromatic rings. The van der Waals surface area contributed by atoms with Gasteiger partial charge in [0.05, 0.1) is 5.56 Å². The van der Waals surface area contributed by atoms with Gasteiger partial charge in [-0.2, -0.15) is 0 Å². The van der Waals surface area contributed by atoms with E-state index in [1.165, 1.54) is 19.0 Å². The minimum atomic E-state index is -0.176. The van der Waals surface area contributed by atoms with Gasteiger partial charge in [0.25, 0.3) is 5.91 Å². The van der Waals surface area contributed by atoms with E-state index in [1.807, 2.05) is 30.3 Å². The van der Waals surface area contributed by atoms with Crippen molar-refractivity contribution >= 4 is 17.5 Å². The average Bonchev–Trinajstić information content (AvgIpc) is 3.43. The lowest BCUT2D eigenvalue weighted by Gasteiger charge is -2.08. The van der Waals surface area contributed by atoms with E-state index >= 15 is 0 Å². The molecule has 1 fully saturated rings. The third-order valence-electron chi connectivity index (χ3n) is 3.71. The largest absolute Gasteiger partial charge is 0.348 e. The fourth-order valence-corrected chi connectivity index (χ4v) is 2.24. The summed E-state index contributed by atoms with van der Waals surface area (Å²) in [6.07, 6.45) is 9.05. The molecule has 1 aromatic heterocycles. The molecule has 1 heterocycles. The van der Waals surface area contributed by atoms with Crippen molar-refractivity contribution in [2.75, 3.05) is 5.32 Å². The highest BCUT2D eigenvalue weighted by Crippen LogP contribution is 2.29. The molecule has 0 atom stereocenters. The van der Waals surface area contributed by atoms with E-state index in [1.54, 1.807) is 24.4 Å². The molecule has 0 saturated heterocycles. The van der Waals surface area contributed by atoms with Gasteiger partial charge < -0.3 is 10.6 Å². The molecule has 1 aromatic carbocycles. The third kappa shape index (κ3) is 4.78. The van der Waals surface area contributed by atoms with Crippen LogP contribution in [-0.4, -0.2) is 16.8 Å². The second-order valence-corrected chi connectivity index (χ2v) is 5.81. The fraction of sp³-hybridized carbons (Fsp3) is 0.211. The van der Waals surface area contributed by atoms with Gasteiger partial charge in [0, 0.05) is 24.6 Å². The van der Waals surface area contributed by atoms with Gasteiger partial charge in [0.2, 0.25) is 5.91 Å². The molecule has 0 unspecified atom stereocenters. The molecule has 0 spiro atoms. The molecule has 0 bridgehead atoms. The molecular weight excluding hydrogens is 302 g/mol. The van der Waals surface area contributed by atoms with Crippen LogP contribution in [0.25, 0.3) is 0 Å². The number of nitrogens with zero attached hydrogens (tertiary/aromatic N) is 1. The molecule has 5 nitrogen and oxygen atoms in total. The van der Waals surface area contributed by atoms with Gasteiger partial charge in [-0.15, -0.1) is 0 Å². The maximum Gasteiger partial charge on any atom is 0.253 e. The molecule has 5 heteroatoms. The predicted molar refractivity (Wildman–Crippen MR) is 92.3 cm³/mol. The van der Waals surface area contributed by atoms with E-state index in [0.29, 0.717) is 23.7 Å². The van der Waals surface area contributed by atoms with Crippen molar-refractivity contribution in [3.05, 3.63) is 72.1 Å². The molecule has 3 rings (SSSR count). The van der Waals surface area contributed by atoms with Gasteiger partial charge in [0.15, 0.2) is 0 Å². The van der Waals surface area contributed by atoms with Gasteiger partial charge in [-0.05, 0) is 54.7 Å². The summed E-state index contributed by atoms with van der Waals surface area (Å²) in [6.45, 7) is 0.384. The summed E-state index contributed by atoms with van der Waals surface area (Å²) in [7, 11) is 0. The number of anilines is 1. The highest BCUT2D eigenvalue weighted by atomic mass is 16.2. The summed E-state index contributed by atoms with van der Waals surface area (Å²) < 4.78 is 0. The van der Waals surface area contributed by atoms with E-state index in [2.05, 4.69) is 15.6 Å². The minimum Gasteiger partial charge on any atom is -0.348 e. The number of nitrogens with one attached hydrogen (secondary N) is 2. The van der Waals surface area contributed by atoms with Crippen molar-refractivity contribution in [3.8, 4) is 0 Å². The quantitative estimate of drug-likeness (QED) is 0.804. The number of carbonyl (C=O) groups excluding carboxylic acids is 2. The highest BCUT2D eigenvalue weighted by molar-refractivity contribution is 5.99. The van der Waals surface area contributed by atoms with E-state index in [9.17, 15) is 9.59 Å². The Balaban J connectivity index is 1.54. The standard InChI is InChI=1S/C19H19N3O2/c23-18(9-8-14-6-7-14)22-17-5-1-3-15(11-17)12-21-19(24)16-4-2-10-20-13-16/h1-5,8-11,13-14H,6-7,12H2,(H,21,24)(H,22,23)/b9-8+. The van der Waals surface area contributed by atoms with Crippen molar-refractivity contribution in [1.82, 2.24) is 10.3 Å². The number of hydrogen-bond acceptors (Lipinski definition) is 3. The van der Waals surface area contributed by atoms with E-state index in [4.69, 9.17) is 0 Å². The van der Waals surface area contributed by atoms with E-state index in [-0.39, 0.29) is 11.8 Å². The maximum atomic E-state index is 12.0. The predicted octanol–water partition coefficient (Wildman–Crippen LogP) is 2.92. The second kappa shape index (κ2) is 7.55. The number of carbonyl (C=O) groups is 2. The minimum absolute atomic E-state index is 0.126. The van der Waals surface area contributed by atoms with Crippen molar-refractivity contribution in [2.24, 2.45) is 5.92 Å². The summed E-state index contributed by atoms with van der Waals surface area (Å²) in [6, 6.07) is 10.9. The number of rotatable bonds is 6. The zero-order chi connectivity index (χ0) is 16.8. The second-order valence-electron chi connectivity index (χ2n) is 5.81. The Hall–Kier alpha value is -2.95. The van der Waals surface area contributed by atoms with Gasteiger partial charge in [-0.25, -0.2) is 0 Å². The summed E-state index contributed by atoms with van der Waals surface area (Å²) >= 11 is 0. The Bertz CT molecular complexity index is 752. The van der Waals surface area contributed by atoms with Crippen LogP contribution >= 0.6 is 0 Å². The van der Waals surface area contributed by atoms with Crippen LogP contribution in [-0.2, 0) is 11.3 Å². The summed E-state index contributed by atoms with van der Waals surface area (Å²) in [5, 5.41) is 5.67. The summed E-state index contributed by atoms with van der Waals surface area (Å²) in [5.41, 5.74) is 2.15. The number of allylic oxidation sites excluding steroid dienone is 1. The Morgan fingerprint density at radius 2 is 2.08 bits per heavy atom. The van der Waals surface area contributed by atoms with Crippen LogP contribution in [0.2, 0.25) is 0 Å². The van der Waals surface area contributed by atoms with Gasteiger partial charge in [-0.3, -0.25) is 14.6 Å². The molecule has 0 radical (unpaired) electrons. The lowest BCUT2D eigenvalue weighted by molar-refractivity contribution is -0.111. The lowest BCUT2D eigenvalue weighted by Crippen LogP contribution is -2.22. The van der Waals surface area contributed by atoms with Gasteiger partial charge in [0.1, 0.15) is 0 Å². The molecule has 1 saturated carbocycles.